The highest BCUT2D eigenvalue weighted by Gasteiger charge is 2.51. The Hall–Kier alpha value is -2.20. The number of aryl methyl sites for hydroxylation is 1. The first-order valence-corrected chi connectivity index (χ1v) is 11.0. The lowest BCUT2D eigenvalue weighted by Gasteiger charge is -2.42. The Kier molecular flexibility index (Phi) is 4.91. The smallest absolute Gasteiger partial charge is 0.227 e. The molecule has 1 amide bonds. The average molecular weight is 393 g/mol. The Morgan fingerprint density at radius 2 is 1.90 bits per heavy atom. The van der Waals surface area contributed by atoms with E-state index in [2.05, 4.69) is 40.5 Å². The number of hydrogen-bond donors (Lipinski definition) is 1. The zero-order valence-electron chi connectivity index (χ0n) is 16.9. The number of rotatable bonds is 2. The molecule has 3 aliphatic rings. The van der Waals surface area contributed by atoms with Crippen LogP contribution in [0.15, 0.2) is 48.5 Å². The number of hydrogen-bond acceptors (Lipinski definition) is 2. The van der Waals surface area contributed by atoms with Crippen molar-refractivity contribution >= 4 is 5.91 Å². The van der Waals surface area contributed by atoms with Gasteiger partial charge >= 0.3 is 0 Å². The van der Waals surface area contributed by atoms with Crippen LogP contribution in [0.4, 0.5) is 4.39 Å². The van der Waals surface area contributed by atoms with Gasteiger partial charge in [-0.25, -0.2) is 4.39 Å². The molecule has 29 heavy (non-hydrogen) atoms. The third-order valence-corrected chi connectivity index (χ3v) is 7.50. The molecule has 2 aromatic rings. The molecule has 0 saturated carbocycles. The van der Waals surface area contributed by atoms with Gasteiger partial charge in [0.2, 0.25) is 5.91 Å². The molecule has 0 bridgehead atoms. The van der Waals surface area contributed by atoms with Crippen molar-refractivity contribution in [3.63, 3.8) is 0 Å². The Balaban J connectivity index is 1.35. The van der Waals surface area contributed by atoms with E-state index in [0.717, 1.165) is 63.8 Å². The van der Waals surface area contributed by atoms with Crippen molar-refractivity contribution in [3.8, 4) is 0 Å². The van der Waals surface area contributed by atoms with Gasteiger partial charge in [0.25, 0.3) is 0 Å². The van der Waals surface area contributed by atoms with Crippen LogP contribution in [-0.2, 0) is 16.6 Å². The summed E-state index contributed by atoms with van der Waals surface area (Å²) in [5, 5.41) is 3.50. The highest BCUT2D eigenvalue weighted by atomic mass is 19.1. The molecule has 2 aliphatic heterocycles. The molecule has 2 unspecified atom stereocenters. The quantitative estimate of drug-likeness (QED) is 0.837. The molecule has 0 radical (unpaired) electrons. The standard InChI is InChI=1S/C25H29FN2O/c26-21-8-9-22-20(15-21)7-4-12-25(22)17-27-16-23(25)24(29)28-13-10-19(11-14-28)18-5-2-1-3-6-18/h1-3,5-6,8-9,15,19,23,27H,4,7,10-14,16-17H2. The highest BCUT2D eigenvalue weighted by Crippen LogP contribution is 2.46. The number of amides is 1. The summed E-state index contributed by atoms with van der Waals surface area (Å²) < 4.78 is 13.8. The van der Waals surface area contributed by atoms with Gasteiger partial charge in [-0.1, -0.05) is 36.4 Å². The van der Waals surface area contributed by atoms with Gasteiger partial charge in [0, 0.05) is 31.6 Å². The number of carbonyl (C=O) groups is 1. The maximum absolute atomic E-state index is 13.8. The number of fused-ring (bicyclic) bond motifs is 2. The van der Waals surface area contributed by atoms with Gasteiger partial charge in [0.1, 0.15) is 5.82 Å². The molecule has 1 spiro atoms. The Morgan fingerprint density at radius 1 is 1.10 bits per heavy atom. The third-order valence-electron chi connectivity index (χ3n) is 7.50. The van der Waals surface area contributed by atoms with E-state index in [9.17, 15) is 9.18 Å². The number of likely N-dealkylation sites (tertiary alicyclic amines) is 1. The lowest BCUT2D eigenvalue weighted by molar-refractivity contribution is -0.138. The Morgan fingerprint density at radius 3 is 2.69 bits per heavy atom. The maximum Gasteiger partial charge on any atom is 0.227 e. The summed E-state index contributed by atoms with van der Waals surface area (Å²) in [4.78, 5) is 15.7. The zero-order valence-corrected chi connectivity index (χ0v) is 16.9. The van der Waals surface area contributed by atoms with Crippen molar-refractivity contribution in [3.05, 3.63) is 71.0 Å². The predicted molar refractivity (Wildman–Crippen MR) is 112 cm³/mol. The fraction of sp³-hybridized carbons (Fsp3) is 0.480. The second-order valence-electron chi connectivity index (χ2n) is 9.00. The largest absolute Gasteiger partial charge is 0.342 e. The van der Waals surface area contributed by atoms with Crippen LogP contribution in [0.5, 0.6) is 0 Å². The fourth-order valence-corrected chi connectivity index (χ4v) is 5.99. The highest BCUT2D eigenvalue weighted by molar-refractivity contribution is 5.82. The van der Waals surface area contributed by atoms with Gasteiger partial charge in [-0.15, -0.1) is 0 Å². The molecule has 4 heteroatoms. The molecule has 0 aromatic heterocycles. The van der Waals surface area contributed by atoms with Crippen molar-refractivity contribution < 1.29 is 9.18 Å². The molecular formula is C25H29FN2O. The van der Waals surface area contributed by atoms with E-state index in [1.54, 1.807) is 12.1 Å². The molecule has 3 nitrogen and oxygen atoms in total. The van der Waals surface area contributed by atoms with E-state index in [-0.39, 0.29) is 17.2 Å². The molecule has 2 atom stereocenters. The van der Waals surface area contributed by atoms with Crippen LogP contribution in [0.2, 0.25) is 0 Å². The Bertz CT molecular complexity index is 891. The molecule has 152 valence electrons. The van der Waals surface area contributed by atoms with Gasteiger partial charge < -0.3 is 10.2 Å². The minimum absolute atomic E-state index is 0.0414. The van der Waals surface area contributed by atoms with Crippen molar-refractivity contribution in [1.82, 2.24) is 10.2 Å². The predicted octanol–water partition coefficient (Wildman–Crippen LogP) is 4.03. The summed E-state index contributed by atoms with van der Waals surface area (Å²) >= 11 is 0. The topological polar surface area (TPSA) is 32.3 Å². The normalized spacial score (nSPS) is 27.2. The lowest BCUT2D eigenvalue weighted by Crippen LogP contribution is -2.49. The Labute approximate surface area is 172 Å². The van der Waals surface area contributed by atoms with Crippen molar-refractivity contribution in [2.45, 2.75) is 43.4 Å². The van der Waals surface area contributed by atoms with E-state index < -0.39 is 0 Å². The summed E-state index contributed by atoms with van der Waals surface area (Å²) in [5.41, 5.74) is 3.52. The maximum atomic E-state index is 13.8. The monoisotopic (exact) mass is 392 g/mol. The van der Waals surface area contributed by atoms with Crippen molar-refractivity contribution in [2.24, 2.45) is 5.92 Å². The van der Waals surface area contributed by atoms with Gasteiger partial charge in [-0.2, -0.15) is 0 Å². The average Bonchev–Trinajstić information content (AvgIpc) is 3.18. The van der Waals surface area contributed by atoms with E-state index >= 15 is 0 Å². The summed E-state index contributed by atoms with van der Waals surface area (Å²) in [6.07, 6.45) is 5.02. The van der Waals surface area contributed by atoms with Crippen LogP contribution in [0, 0.1) is 11.7 Å². The summed E-state index contributed by atoms with van der Waals surface area (Å²) in [7, 11) is 0. The molecule has 5 rings (SSSR count). The van der Waals surface area contributed by atoms with Crippen LogP contribution >= 0.6 is 0 Å². The first-order valence-electron chi connectivity index (χ1n) is 11.0. The number of benzene rings is 2. The summed E-state index contributed by atoms with van der Waals surface area (Å²) in [6.45, 7) is 3.22. The lowest BCUT2D eigenvalue weighted by atomic mass is 9.64. The second-order valence-corrected chi connectivity index (χ2v) is 9.00. The van der Waals surface area contributed by atoms with E-state index in [4.69, 9.17) is 0 Å². The summed E-state index contributed by atoms with van der Waals surface area (Å²) in [5.74, 6) is 0.630. The zero-order chi connectivity index (χ0) is 19.8. The van der Waals surface area contributed by atoms with Gasteiger partial charge in [-0.3, -0.25) is 4.79 Å². The van der Waals surface area contributed by atoms with Crippen LogP contribution in [0.3, 0.4) is 0 Å². The molecule has 1 aliphatic carbocycles. The molecular weight excluding hydrogens is 363 g/mol. The van der Waals surface area contributed by atoms with E-state index in [1.165, 1.54) is 11.1 Å². The fourth-order valence-electron chi connectivity index (χ4n) is 5.99. The van der Waals surface area contributed by atoms with Crippen LogP contribution in [0.1, 0.15) is 48.3 Å². The first-order chi connectivity index (χ1) is 14.2. The van der Waals surface area contributed by atoms with Crippen LogP contribution in [-0.4, -0.2) is 37.0 Å². The molecule has 1 N–H and O–H groups in total. The van der Waals surface area contributed by atoms with Crippen LogP contribution < -0.4 is 5.32 Å². The second kappa shape index (κ2) is 7.56. The van der Waals surface area contributed by atoms with E-state index in [0.29, 0.717) is 11.8 Å². The van der Waals surface area contributed by atoms with Crippen LogP contribution in [0.25, 0.3) is 0 Å². The molecule has 2 saturated heterocycles. The van der Waals surface area contributed by atoms with Crippen molar-refractivity contribution in [2.75, 3.05) is 26.2 Å². The van der Waals surface area contributed by atoms with Gasteiger partial charge in [0.15, 0.2) is 0 Å². The van der Waals surface area contributed by atoms with Gasteiger partial charge in [-0.05, 0) is 66.8 Å². The van der Waals surface area contributed by atoms with Crippen molar-refractivity contribution in [1.29, 1.82) is 0 Å². The first kappa shape index (κ1) is 18.8. The SMILES string of the molecule is O=C(C1CNCC12CCCc1cc(F)ccc12)N1CCC(c2ccccc2)CC1. The minimum atomic E-state index is -0.172. The molecule has 2 heterocycles. The van der Waals surface area contributed by atoms with Gasteiger partial charge in [0.05, 0.1) is 5.92 Å². The number of piperidine rings is 1. The third kappa shape index (κ3) is 3.28. The minimum Gasteiger partial charge on any atom is -0.342 e. The number of nitrogens with one attached hydrogen (secondary N) is 1. The number of nitrogens with zero attached hydrogens (tertiary/aromatic N) is 1. The molecule has 2 fully saturated rings. The molecule has 2 aromatic carbocycles. The summed E-state index contributed by atoms with van der Waals surface area (Å²) in [6, 6.07) is 15.9. The number of carbonyl (C=O) groups excluding carboxylic acids is 1. The number of halogens is 1. The van der Waals surface area contributed by atoms with E-state index in [1.807, 2.05) is 6.07 Å².